The minimum Gasteiger partial charge on any atom is -0.311 e. The first-order chi connectivity index (χ1) is 11.6. The number of benzene rings is 1. The fourth-order valence-electron chi connectivity index (χ4n) is 2.89. The minimum atomic E-state index is 0.155. The Hall–Kier alpha value is -2.01. The van der Waals surface area contributed by atoms with Crippen molar-refractivity contribution in [3.63, 3.8) is 0 Å². The molecule has 0 amide bonds. The van der Waals surface area contributed by atoms with Crippen LogP contribution in [0.3, 0.4) is 0 Å². The molecule has 1 aromatic heterocycles. The molecule has 1 aliphatic rings. The zero-order chi connectivity index (χ0) is 17.1. The summed E-state index contributed by atoms with van der Waals surface area (Å²) in [5.41, 5.74) is 1.93. The molecule has 0 unspecified atom stereocenters. The van der Waals surface area contributed by atoms with Crippen molar-refractivity contribution in [3.8, 4) is 0 Å². The van der Waals surface area contributed by atoms with Gasteiger partial charge >= 0.3 is 0 Å². The maximum absolute atomic E-state index is 12.3. The standard InChI is InChI=1S/C18H20ClN3O2/c1-12-13(3-2-4-16(12)19)11-15(24)7-8-17-20-21-18(9-10-23)22(17)14-5-6-14/h2-4,10,14H,5-9,11H2,1H3. The van der Waals surface area contributed by atoms with Gasteiger partial charge in [0.15, 0.2) is 0 Å². The Balaban J connectivity index is 1.64. The first-order valence-electron chi connectivity index (χ1n) is 8.22. The molecule has 6 heteroatoms. The van der Waals surface area contributed by atoms with Crippen LogP contribution in [0.15, 0.2) is 18.2 Å². The second kappa shape index (κ2) is 7.26. The number of aromatic nitrogens is 3. The van der Waals surface area contributed by atoms with Crippen LogP contribution in [0.1, 0.15) is 48.1 Å². The van der Waals surface area contributed by atoms with Gasteiger partial charge in [-0.25, -0.2) is 0 Å². The molecule has 0 aliphatic heterocycles. The molecule has 0 N–H and O–H groups in total. The van der Waals surface area contributed by atoms with Crippen LogP contribution in [0.25, 0.3) is 0 Å². The smallest absolute Gasteiger partial charge is 0.140 e. The Morgan fingerprint density at radius 3 is 2.79 bits per heavy atom. The number of carbonyl (C=O) groups is 2. The molecule has 0 spiro atoms. The SMILES string of the molecule is Cc1c(Cl)cccc1CC(=O)CCc1nnc(CC=O)n1C1CC1. The van der Waals surface area contributed by atoms with Crippen molar-refractivity contribution in [2.75, 3.05) is 0 Å². The molecular weight excluding hydrogens is 326 g/mol. The molecule has 126 valence electrons. The summed E-state index contributed by atoms with van der Waals surface area (Å²) in [5.74, 6) is 1.67. The van der Waals surface area contributed by atoms with Crippen LogP contribution in [0.2, 0.25) is 5.02 Å². The summed E-state index contributed by atoms with van der Waals surface area (Å²) >= 11 is 6.10. The van der Waals surface area contributed by atoms with Crippen molar-refractivity contribution in [3.05, 3.63) is 46.0 Å². The van der Waals surface area contributed by atoms with Crippen LogP contribution < -0.4 is 0 Å². The predicted molar refractivity (Wildman–Crippen MR) is 91.3 cm³/mol. The predicted octanol–water partition coefficient (Wildman–Crippen LogP) is 3.06. The molecule has 0 atom stereocenters. The highest BCUT2D eigenvalue weighted by atomic mass is 35.5. The summed E-state index contributed by atoms with van der Waals surface area (Å²) in [6, 6.07) is 6.04. The Morgan fingerprint density at radius 2 is 2.08 bits per heavy atom. The molecule has 5 nitrogen and oxygen atoms in total. The van der Waals surface area contributed by atoms with Gasteiger partial charge in [-0.3, -0.25) is 4.79 Å². The number of Topliss-reactive ketones (excluding diaryl/α,β-unsaturated/α-hetero) is 1. The number of rotatable bonds is 8. The van der Waals surface area contributed by atoms with Gasteiger partial charge < -0.3 is 9.36 Å². The number of ketones is 1. The average molecular weight is 346 g/mol. The highest BCUT2D eigenvalue weighted by molar-refractivity contribution is 6.31. The van der Waals surface area contributed by atoms with E-state index in [1.807, 2.05) is 29.7 Å². The minimum absolute atomic E-state index is 0.155. The average Bonchev–Trinajstić information content (AvgIpc) is 3.32. The van der Waals surface area contributed by atoms with E-state index >= 15 is 0 Å². The quantitative estimate of drug-likeness (QED) is 0.690. The molecule has 1 aromatic carbocycles. The van der Waals surface area contributed by atoms with E-state index in [9.17, 15) is 9.59 Å². The van der Waals surface area contributed by atoms with E-state index in [4.69, 9.17) is 11.6 Å². The molecule has 0 radical (unpaired) electrons. The summed E-state index contributed by atoms with van der Waals surface area (Å²) in [7, 11) is 0. The van der Waals surface area contributed by atoms with E-state index in [0.717, 1.165) is 36.1 Å². The number of carbonyl (C=O) groups excluding carboxylic acids is 2. The molecule has 1 fully saturated rings. The van der Waals surface area contributed by atoms with E-state index in [1.165, 1.54) is 0 Å². The summed E-state index contributed by atoms with van der Waals surface area (Å²) in [5, 5.41) is 8.98. The number of aryl methyl sites for hydroxylation is 1. The first kappa shape index (κ1) is 16.8. The fourth-order valence-corrected chi connectivity index (χ4v) is 3.09. The molecule has 0 bridgehead atoms. The van der Waals surface area contributed by atoms with Gasteiger partial charge in [0.05, 0.1) is 6.42 Å². The second-order valence-corrected chi connectivity index (χ2v) is 6.65. The van der Waals surface area contributed by atoms with Gasteiger partial charge in [0.1, 0.15) is 23.7 Å². The molecule has 24 heavy (non-hydrogen) atoms. The second-order valence-electron chi connectivity index (χ2n) is 6.24. The Labute approximate surface area is 146 Å². The normalized spacial score (nSPS) is 13.9. The molecule has 1 aliphatic carbocycles. The first-order valence-corrected chi connectivity index (χ1v) is 8.60. The zero-order valence-corrected chi connectivity index (χ0v) is 14.4. The Morgan fingerprint density at radius 1 is 1.33 bits per heavy atom. The molecule has 0 saturated heterocycles. The Bertz CT molecular complexity index is 766. The monoisotopic (exact) mass is 345 g/mol. The Kier molecular flexibility index (Phi) is 5.09. The molecule has 1 saturated carbocycles. The lowest BCUT2D eigenvalue weighted by atomic mass is 10.0. The van der Waals surface area contributed by atoms with E-state index in [-0.39, 0.29) is 12.2 Å². The summed E-state index contributed by atoms with van der Waals surface area (Å²) < 4.78 is 2.05. The van der Waals surface area contributed by atoms with Gasteiger partial charge in [0.25, 0.3) is 0 Å². The van der Waals surface area contributed by atoms with Crippen LogP contribution in [0.5, 0.6) is 0 Å². The molecule has 1 heterocycles. The van der Waals surface area contributed by atoms with Crippen molar-refractivity contribution in [1.82, 2.24) is 14.8 Å². The van der Waals surface area contributed by atoms with E-state index < -0.39 is 0 Å². The molecule has 2 aromatic rings. The molecular formula is C18H20ClN3O2. The summed E-state index contributed by atoms with van der Waals surface area (Å²) in [4.78, 5) is 23.1. The van der Waals surface area contributed by atoms with E-state index in [0.29, 0.717) is 36.2 Å². The van der Waals surface area contributed by atoms with Gasteiger partial charge in [-0.2, -0.15) is 0 Å². The number of aldehydes is 1. The van der Waals surface area contributed by atoms with Crippen LogP contribution in [0.4, 0.5) is 0 Å². The highest BCUT2D eigenvalue weighted by Crippen LogP contribution is 2.36. The van der Waals surface area contributed by atoms with E-state index in [1.54, 1.807) is 0 Å². The third-order valence-corrected chi connectivity index (χ3v) is 4.82. The van der Waals surface area contributed by atoms with Crippen LogP contribution >= 0.6 is 11.6 Å². The zero-order valence-electron chi connectivity index (χ0n) is 13.7. The highest BCUT2D eigenvalue weighted by Gasteiger charge is 2.29. The largest absolute Gasteiger partial charge is 0.311 e. The third kappa shape index (κ3) is 3.73. The molecule has 3 rings (SSSR count). The van der Waals surface area contributed by atoms with Crippen molar-refractivity contribution in [2.24, 2.45) is 0 Å². The van der Waals surface area contributed by atoms with E-state index in [2.05, 4.69) is 10.2 Å². The fraction of sp³-hybridized carbons (Fsp3) is 0.444. The van der Waals surface area contributed by atoms with Crippen LogP contribution in [-0.4, -0.2) is 26.8 Å². The third-order valence-electron chi connectivity index (χ3n) is 4.41. The lowest BCUT2D eigenvalue weighted by Gasteiger charge is -2.08. The summed E-state index contributed by atoms with van der Waals surface area (Å²) in [6.45, 7) is 1.93. The maximum Gasteiger partial charge on any atom is 0.140 e. The van der Waals surface area contributed by atoms with Gasteiger partial charge in [0, 0.05) is 30.3 Å². The van der Waals surface area contributed by atoms with Crippen molar-refractivity contribution < 1.29 is 9.59 Å². The van der Waals surface area contributed by atoms with Gasteiger partial charge in [-0.05, 0) is 37.0 Å². The van der Waals surface area contributed by atoms with Gasteiger partial charge in [-0.15, -0.1) is 10.2 Å². The van der Waals surface area contributed by atoms with Gasteiger partial charge in [0.2, 0.25) is 0 Å². The lowest BCUT2D eigenvalue weighted by Crippen LogP contribution is -2.10. The van der Waals surface area contributed by atoms with Gasteiger partial charge in [-0.1, -0.05) is 23.7 Å². The van der Waals surface area contributed by atoms with Crippen molar-refractivity contribution >= 4 is 23.7 Å². The number of hydrogen-bond acceptors (Lipinski definition) is 4. The van der Waals surface area contributed by atoms with Crippen LogP contribution in [-0.2, 0) is 28.9 Å². The van der Waals surface area contributed by atoms with Crippen molar-refractivity contribution in [1.29, 1.82) is 0 Å². The number of halogens is 1. The maximum atomic E-state index is 12.3. The van der Waals surface area contributed by atoms with Crippen molar-refractivity contribution in [2.45, 2.75) is 51.5 Å². The number of hydrogen-bond donors (Lipinski definition) is 0. The van der Waals surface area contributed by atoms with Crippen LogP contribution in [0, 0.1) is 6.92 Å². The lowest BCUT2D eigenvalue weighted by molar-refractivity contribution is -0.118. The number of nitrogens with zero attached hydrogens (tertiary/aromatic N) is 3. The topological polar surface area (TPSA) is 64.8 Å². The summed E-state index contributed by atoms with van der Waals surface area (Å²) in [6.07, 6.45) is 4.65.